The molecule has 1 N–H and O–H groups in total. The van der Waals surface area contributed by atoms with E-state index in [0.717, 1.165) is 14.9 Å². The molecule has 5 heteroatoms. The van der Waals surface area contributed by atoms with Gasteiger partial charge < -0.3 is 5.32 Å². The molecule has 2 heterocycles. The molecule has 0 saturated heterocycles. The minimum atomic E-state index is -0.328. The van der Waals surface area contributed by atoms with Gasteiger partial charge in [0.25, 0.3) is 0 Å². The van der Waals surface area contributed by atoms with Gasteiger partial charge in [-0.05, 0) is 38.1 Å². The number of halogens is 2. The van der Waals surface area contributed by atoms with Gasteiger partial charge in [-0.15, -0.1) is 11.3 Å². The van der Waals surface area contributed by atoms with Crippen LogP contribution in [0.15, 0.2) is 30.5 Å². The number of thiophene rings is 1. The van der Waals surface area contributed by atoms with E-state index in [0.29, 0.717) is 6.04 Å². The van der Waals surface area contributed by atoms with E-state index in [-0.39, 0.29) is 11.9 Å². The van der Waals surface area contributed by atoms with Gasteiger partial charge in [0.2, 0.25) is 0 Å². The number of nitrogens with one attached hydrogen (secondary N) is 1. The van der Waals surface area contributed by atoms with Gasteiger partial charge in [0, 0.05) is 10.9 Å². The summed E-state index contributed by atoms with van der Waals surface area (Å²) in [5, 5.41) is 3.41. The summed E-state index contributed by atoms with van der Waals surface area (Å²) in [6.45, 7) is 4.12. The summed E-state index contributed by atoms with van der Waals surface area (Å²) in [5.74, 6) is -0.328. The SMILES string of the molecule is CC(C)NC(c1ccc(F)cn1)c1ccc(Cl)s1. The highest BCUT2D eigenvalue weighted by Crippen LogP contribution is 2.30. The van der Waals surface area contributed by atoms with E-state index in [9.17, 15) is 4.39 Å². The van der Waals surface area contributed by atoms with Gasteiger partial charge in [0.1, 0.15) is 5.82 Å². The average molecular weight is 285 g/mol. The van der Waals surface area contributed by atoms with E-state index in [1.165, 1.54) is 23.6 Å². The Hall–Kier alpha value is -0.970. The normalized spacial score (nSPS) is 12.9. The lowest BCUT2D eigenvalue weighted by atomic mass is 10.1. The number of hydrogen-bond donors (Lipinski definition) is 1. The summed E-state index contributed by atoms with van der Waals surface area (Å²) < 4.78 is 13.7. The van der Waals surface area contributed by atoms with Crippen molar-refractivity contribution in [3.8, 4) is 0 Å². The van der Waals surface area contributed by atoms with E-state index in [1.807, 2.05) is 12.1 Å². The summed E-state index contributed by atoms with van der Waals surface area (Å²) in [4.78, 5) is 5.22. The molecule has 1 unspecified atom stereocenters. The molecule has 0 aliphatic heterocycles. The van der Waals surface area contributed by atoms with Crippen LogP contribution in [0, 0.1) is 5.82 Å². The fraction of sp³-hybridized carbons (Fsp3) is 0.308. The summed E-state index contributed by atoms with van der Waals surface area (Å²) in [5.41, 5.74) is 0.795. The molecule has 0 radical (unpaired) electrons. The Balaban J connectivity index is 2.33. The highest BCUT2D eigenvalue weighted by atomic mass is 35.5. The van der Waals surface area contributed by atoms with Crippen molar-refractivity contribution in [1.29, 1.82) is 0 Å². The van der Waals surface area contributed by atoms with Crippen LogP contribution in [0.25, 0.3) is 0 Å². The predicted octanol–water partition coefficient (Wildman–Crippen LogP) is 4.02. The summed E-state index contributed by atoms with van der Waals surface area (Å²) in [6.07, 6.45) is 1.24. The third-order valence-corrected chi connectivity index (χ3v) is 3.72. The average Bonchev–Trinajstić information content (AvgIpc) is 2.74. The van der Waals surface area contributed by atoms with E-state index in [2.05, 4.69) is 24.1 Å². The fourth-order valence-corrected chi connectivity index (χ4v) is 2.82. The Bertz CT molecular complexity index is 510. The van der Waals surface area contributed by atoms with Crippen molar-refractivity contribution < 1.29 is 4.39 Å². The molecule has 2 aromatic rings. The van der Waals surface area contributed by atoms with Crippen molar-refractivity contribution in [2.75, 3.05) is 0 Å². The first-order valence-electron chi connectivity index (χ1n) is 5.69. The van der Waals surface area contributed by atoms with Crippen LogP contribution in [0.2, 0.25) is 4.34 Å². The summed E-state index contributed by atoms with van der Waals surface area (Å²) in [7, 11) is 0. The molecule has 96 valence electrons. The lowest BCUT2D eigenvalue weighted by Crippen LogP contribution is -2.29. The Kier molecular flexibility index (Phi) is 4.32. The van der Waals surface area contributed by atoms with Gasteiger partial charge >= 0.3 is 0 Å². The third-order valence-electron chi connectivity index (χ3n) is 2.42. The molecule has 1 atom stereocenters. The van der Waals surface area contributed by atoms with Crippen LogP contribution >= 0.6 is 22.9 Å². The van der Waals surface area contributed by atoms with Crippen LogP contribution < -0.4 is 5.32 Å². The first-order valence-corrected chi connectivity index (χ1v) is 6.88. The Morgan fingerprint density at radius 2 is 2.06 bits per heavy atom. The Labute approximate surface area is 115 Å². The monoisotopic (exact) mass is 284 g/mol. The predicted molar refractivity (Wildman–Crippen MR) is 73.6 cm³/mol. The van der Waals surface area contributed by atoms with E-state index < -0.39 is 0 Å². The van der Waals surface area contributed by atoms with E-state index in [4.69, 9.17) is 11.6 Å². The van der Waals surface area contributed by atoms with E-state index >= 15 is 0 Å². The first-order chi connectivity index (χ1) is 8.56. The number of nitrogens with zero attached hydrogens (tertiary/aromatic N) is 1. The second-order valence-corrected chi connectivity index (χ2v) is 6.04. The van der Waals surface area contributed by atoms with Crippen molar-refractivity contribution in [1.82, 2.24) is 10.3 Å². The van der Waals surface area contributed by atoms with Crippen LogP contribution in [0.5, 0.6) is 0 Å². The maximum atomic E-state index is 12.9. The quantitative estimate of drug-likeness (QED) is 0.917. The molecule has 0 bridgehead atoms. The van der Waals surface area contributed by atoms with Crippen LogP contribution in [0.3, 0.4) is 0 Å². The van der Waals surface area contributed by atoms with Gasteiger partial charge in [0.05, 0.1) is 22.3 Å². The van der Waals surface area contributed by atoms with Gasteiger partial charge in [-0.1, -0.05) is 11.6 Å². The zero-order chi connectivity index (χ0) is 13.1. The van der Waals surface area contributed by atoms with Crippen molar-refractivity contribution >= 4 is 22.9 Å². The molecule has 0 fully saturated rings. The molecular weight excluding hydrogens is 271 g/mol. The third kappa shape index (κ3) is 3.28. The molecule has 2 nitrogen and oxygen atoms in total. The van der Waals surface area contributed by atoms with Crippen LogP contribution in [-0.2, 0) is 0 Å². The van der Waals surface area contributed by atoms with Crippen molar-refractivity contribution in [2.24, 2.45) is 0 Å². The molecule has 0 aromatic carbocycles. The highest BCUT2D eigenvalue weighted by molar-refractivity contribution is 7.16. The zero-order valence-electron chi connectivity index (χ0n) is 10.2. The zero-order valence-corrected chi connectivity index (χ0v) is 11.7. The maximum absolute atomic E-state index is 12.9. The molecule has 2 rings (SSSR count). The maximum Gasteiger partial charge on any atom is 0.141 e. The molecule has 2 aromatic heterocycles. The molecule has 0 aliphatic carbocycles. The Morgan fingerprint density at radius 1 is 1.28 bits per heavy atom. The van der Waals surface area contributed by atoms with Crippen LogP contribution in [0.1, 0.15) is 30.5 Å². The second kappa shape index (κ2) is 5.78. The van der Waals surface area contributed by atoms with Gasteiger partial charge in [0.15, 0.2) is 0 Å². The molecule has 18 heavy (non-hydrogen) atoms. The van der Waals surface area contributed by atoms with Crippen LogP contribution in [-0.4, -0.2) is 11.0 Å². The second-order valence-electron chi connectivity index (χ2n) is 4.30. The van der Waals surface area contributed by atoms with Crippen molar-refractivity contribution in [2.45, 2.75) is 25.9 Å². The molecular formula is C13H14ClFN2S. The Morgan fingerprint density at radius 3 is 2.56 bits per heavy atom. The number of rotatable bonds is 4. The highest BCUT2D eigenvalue weighted by Gasteiger charge is 2.18. The standard InChI is InChI=1S/C13H14ClFN2S/c1-8(2)17-13(11-5-6-12(14)18-11)10-4-3-9(15)7-16-10/h3-8,13,17H,1-2H3. The topological polar surface area (TPSA) is 24.9 Å². The molecule has 0 spiro atoms. The molecule has 0 aliphatic rings. The fourth-order valence-electron chi connectivity index (χ4n) is 1.69. The minimum absolute atomic E-state index is 0.0527. The largest absolute Gasteiger partial charge is 0.302 e. The summed E-state index contributed by atoms with van der Waals surface area (Å²) >= 11 is 7.47. The van der Waals surface area contributed by atoms with Crippen molar-refractivity contribution in [3.05, 3.63) is 51.2 Å². The number of hydrogen-bond acceptors (Lipinski definition) is 3. The van der Waals surface area contributed by atoms with Gasteiger partial charge in [-0.3, -0.25) is 4.98 Å². The van der Waals surface area contributed by atoms with Gasteiger partial charge in [-0.2, -0.15) is 0 Å². The van der Waals surface area contributed by atoms with E-state index in [1.54, 1.807) is 6.07 Å². The number of pyridine rings is 1. The first kappa shape index (κ1) is 13.5. The number of aromatic nitrogens is 1. The lowest BCUT2D eigenvalue weighted by Gasteiger charge is -2.19. The molecule has 0 saturated carbocycles. The molecule has 0 amide bonds. The van der Waals surface area contributed by atoms with Crippen molar-refractivity contribution in [3.63, 3.8) is 0 Å². The summed E-state index contributed by atoms with van der Waals surface area (Å²) in [6, 6.07) is 7.19. The van der Waals surface area contributed by atoms with Crippen LogP contribution in [0.4, 0.5) is 4.39 Å². The lowest BCUT2D eigenvalue weighted by molar-refractivity contribution is 0.522. The van der Waals surface area contributed by atoms with Gasteiger partial charge in [-0.25, -0.2) is 4.39 Å². The minimum Gasteiger partial charge on any atom is -0.302 e. The smallest absolute Gasteiger partial charge is 0.141 e.